The van der Waals surface area contributed by atoms with Crippen LogP contribution in [0.4, 0.5) is 8.78 Å². The van der Waals surface area contributed by atoms with Crippen LogP contribution in [0.5, 0.6) is 0 Å². The molecule has 2 N–H and O–H groups in total. The lowest BCUT2D eigenvalue weighted by atomic mass is 9.86. The van der Waals surface area contributed by atoms with Gasteiger partial charge in [-0.05, 0) is 23.6 Å². The van der Waals surface area contributed by atoms with Gasteiger partial charge in [0.1, 0.15) is 11.9 Å². The number of benzene rings is 1. The van der Waals surface area contributed by atoms with Crippen LogP contribution in [-0.2, 0) is 22.7 Å². The maximum Gasteiger partial charge on any atom is 0.272 e. The number of nitrogens with one attached hydrogen (secondary N) is 2. The first-order valence-corrected chi connectivity index (χ1v) is 9.28. The van der Waals surface area contributed by atoms with Gasteiger partial charge in [-0.15, -0.1) is 0 Å². The van der Waals surface area contributed by atoms with Gasteiger partial charge in [-0.1, -0.05) is 20.8 Å². The summed E-state index contributed by atoms with van der Waals surface area (Å²) in [5.74, 6) is -2.46. The highest BCUT2D eigenvalue weighted by atomic mass is 19.2. The number of imidazole rings is 1. The fourth-order valence-corrected chi connectivity index (χ4v) is 3.25. The molecule has 3 rings (SSSR count). The van der Waals surface area contributed by atoms with E-state index >= 15 is 0 Å². The lowest BCUT2D eigenvalue weighted by Gasteiger charge is -2.29. The van der Waals surface area contributed by atoms with Gasteiger partial charge in [-0.3, -0.25) is 9.59 Å². The van der Waals surface area contributed by atoms with Gasteiger partial charge in [0, 0.05) is 19.2 Å². The summed E-state index contributed by atoms with van der Waals surface area (Å²) in [4.78, 5) is 29.7. The zero-order chi connectivity index (χ0) is 21.3. The van der Waals surface area contributed by atoms with Gasteiger partial charge in [-0.2, -0.15) is 0 Å². The van der Waals surface area contributed by atoms with Gasteiger partial charge < -0.3 is 19.9 Å². The molecule has 0 saturated carbocycles. The van der Waals surface area contributed by atoms with Crippen LogP contribution in [0.2, 0.25) is 0 Å². The molecule has 1 aromatic heterocycles. The van der Waals surface area contributed by atoms with Gasteiger partial charge in [-0.25, -0.2) is 13.8 Å². The Labute approximate surface area is 167 Å². The number of rotatable bonds is 4. The van der Waals surface area contributed by atoms with Crippen LogP contribution >= 0.6 is 0 Å². The third-order valence-corrected chi connectivity index (χ3v) is 4.81. The van der Waals surface area contributed by atoms with Gasteiger partial charge >= 0.3 is 0 Å². The van der Waals surface area contributed by atoms with Gasteiger partial charge in [0.05, 0.1) is 18.9 Å². The van der Waals surface area contributed by atoms with Crippen molar-refractivity contribution < 1.29 is 23.1 Å². The standard InChI is InChI=1S/C20H24F2N4O3/c1-20(2,3)16(19(28)23-4)25-18(27)15-14-10-29-8-7-26(14)17(24-15)11-5-6-12(21)13(22)9-11/h5-6,9,16H,7-8,10H2,1-4H3,(H,23,28)(H,25,27)/t16-/m1/s1. The molecule has 1 aliphatic rings. The second-order valence-corrected chi connectivity index (χ2v) is 7.95. The lowest BCUT2D eigenvalue weighted by Crippen LogP contribution is -2.53. The van der Waals surface area contributed by atoms with E-state index in [0.29, 0.717) is 30.2 Å². The van der Waals surface area contributed by atoms with E-state index in [2.05, 4.69) is 15.6 Å². The Morgan fingerprint density at radius 2 is 1.97 bits per heavy atom. The molecule has 29 heavy (non-hydrogen) atoms. The third kappa shape index (κ3) is 4.14. The zero-order valence-corrected chi connectivity index (χ0v) is 16.8. The number of likely N-dealkylation sites (N-methyl/N-ethyl adjacent to an activating group) is 1. The summed E-state index contributed by atoms with van der Waals surface area (Å²) in [6, 6.07) is 2.69. The molecule has 0 aliphatic carbocycles. The van der Waals surface area contributed by atoms with Crippen molar-refractivity contribution in [3.63, 3.8) is 0 Å². The zero-order valence-electron chi connectivity index (χ0n) is 16.8. The number of hydrogen-bond acceptors (Lipinski definition) is 4. The SMILES string of the molecule is CNC(=O)[C@@H](NC(=O)c1nc(-c2ccc(F)c(F)c2)n2c1COCC2)C(C)(C)C. The van der Waals surface area contributed by atoms with Crippen molar-refractivity contribution in [2.45, 2.75) is 40.0 Å². The number of carbonyl (C=O) groups is 2. The minimum atomic E-state index is -0.995. The molecule has 0 fully saturated rings. The first-order chi connectivity index (χ1) is 13.6. The van der Waals surface area contributed by atoms with Crippen LogP contribution in [0.25, 0.3) is 11.4 Å². The largest absolute Gasteiger partial charge is 0.373 e. The molecular formula is C20H24F2N4O3. The molecule has 0 saturated heterocycles. The van der Waals surface area contributed by atoms with Crippen molar-refractivity contribution in [3.05, 3.63) is 41.2 Å². The Morgan fingerprint density at radius 3 is 2.59 bits per heavy atom. The summed E-state index contributed by atoms with van der Waals surface area (Å²) < 4.78 is 34.3. The summed E-state index contributed by atoms with van der Waals surface area (Å²) in [7, 11) is 1.50. The topological polar surface area (TPSA) is 85.3 Å². The number of carbonyl (C=O) groups excluding carboxylic acids is 2. The van der Waals surface area contributed by atoms with Gasteiger partial charge in [0.15, 0.2) is 17.3 Å². The van der Waals surface area contributed by atoms with E-state index in [1.807, 2.05) is 20.8 Å². The summed E-state index contributed by atoms with van der Waals surface area (Å²) in [5.41, 5.74) is 0.444. The van der Waals surface area contributed by atoms with Crippen LogP contribution in [0.1, 0.15) is 37.0 Å². The fourth-order valence-electron chi connectivity index (χ4n) is 3.25. The predicted octanol–water partition coefficient (Wildman–Crippen LogP) is 2.25. The Balaban J connectivity index is 2.01. The average molecular weight is 406 g/mol. The van der Waals surface area contributed by atoms with Crippen LogP contribution < -0.4 is 10.6 Å². The van der Waals surface area contributed by atoms with E-state index in [1.165, 1.54) is 13.1 Å². The number of hydrogen-bond donors (Lipinski definition) is 2. The Bertz CT molecular complexity index is 950. The van der Waals surface area contributed by atoms with Crippen LogP contribution in [0, 0.1) is 17.0 Å². The van der Waals surface area contributed by atoms with E-state index < -0.39 is 29.0 Å². The molecule has 0 radical (unpaired) electrons. The van der Waals surface area contributed by atoms with E-state index in [1.54, 1.807) is 4.57 Å². The first-order valence-electron chi connectivity index (χ1n) is 9.28. The molecule has 9 heteroatoms. The third-order valence-electron chi connectivity index (χ3n) is 4.81. The lowest BCUT2D eigenvalue weighted by molar-refractivity contribution is -0.124. The highest BCUT2D eigenvalue weighted by Gasteiger charge is 2.34. The fraction of sp³-hybridized carbons (Fsp3) is 0.450. The molecule has 1 aromatic carbocycles. The predicted molar refractivity (Wildman–Crippen MR) is 102 cm³/mol. The van der Waals surface area contributed by atoms with E-state index in [0.717, 1.165) is 12.1 Å². The Morgan fingerprint density at radius 1 is 1.24 bits per heavy atom. The highest BCUT2D eigenvalue weighted by molar-refractivity contribution is 5.97. The number of halogens is 2. The molecular weight excluding hydrogens is 382 g/mol. The number of amides is 2. The molecule has 156 valence electrons. The summed E-state index contributed by atoms with van der Waals surface area (Å²) in [6.45, 7) is 6.49. The summed E-state index contributed by atoms with van der Waals surface area (Å²) in [5, 5.41) is 5.30. The highest BCUT2D eigenvalue weighted by Crippen LogP contribution is 2.27. The molecule has 1 aliphatic heterocycles. The van der Waals surface area contributed by atoms with E-state index in [9.17, 15) is 18.4 Å². The van der Waals surface area contributed by atoms with Crippen molar-refractivity contribution in [1.29, 1.82) is 0 Å². The monoisotopic (exact) mass is 406 g/mol. The van der Waals surface area contributed by atoms with Crippen LogP contribution in [0.15, 0.2) is 18.2 Å². The molecule has 1 atom stereocenters. The maximum absolute atomic E-state index is 13.7. The van der Waals surface area contributed by atoms with Crippen molar-refractivity contribution in [3.8, 4) is 11.4 Å². The normalized spacial score (nSPS) is 14.8. The molecule has 2 heterocycles. The van der Waals surface area contributed by atoms with Crippen molar-refractivity contribution in [2.24, 2.45) is 5.41 Å². The maximum atomic E-state index is 13.7. The Hall–Kier alpha value is -2.81. The summed E-state index contributed by atoms with van der Waals surface area (Å²) >= 11 is 0. The minimum absolute atomic E-state index is 0.0996. The molecule has 0 unspecified atom stereocenters. The molecule has 0 bridgehead atoms. The number of fused-ring (bicyclic) bond motifs is 1. The quantitative estimate of drug-likeness (QED) is 0.816. The summed E-state index contributed by atoms with van der Waals surface area (Å²) in [6.07, 6.45) is 0. The molecule has 2 aromatic rings. The molecule has 7 nitrogen and oxygen atoms in total. The van der Waals surface area contributed by atoms with E-state index in [-0.39, 0.29) is 18.2 Å². The minimum Gasteiger partial charge on any atom is -0.373 e. The smallest absolute Gasteiger partial charge is 0.272 e. The number of nitrogens with zero attached hydrogens (tertiary/aromatic N) is 2. The van der Waals surface area contributed by atoms with Crippen molar-refractivity contribution in [2.75, 3.05) is 13.7 Å². The van der Waals surface area contributed by atoms with Crippen LogP contribution in [-0.4, -0.2) is 41.1 Å². The number of ether oxygens (including phenoxy) is 1. The van der Waals surface area contributed by atoms with Gasteiger partial charge in [0.25, 0.3) is 5.91 Å². The average Bonchev–Trinajstić information content (AvgIpc) is 3.06. The van der Waals surface area contributed by atoms with Crippen LogP contribution in [0.3, 0.4) is 0 Å². The second-order valence-electron chi connectivity index (χ2n) is 7.95. The molecule has 2 amide bonds. The Kier molecular flexibility index (Phi) is 5.70. The van der Waals surface area contributed by atoms with E-state index in [4.69, 9.17) is 4.74 Å². The second kappa shape index (κ2) is 7.90. The first kappa shape index (κ1) is 20.9. The van der Waals surface area contributed by atoms with Gasteiger partial charge in [0.2, 0.25) is 5.91 Å². The molecule has 0 spiro atoms. The van der Waals surface area contributed by atoms with Crippen molar-refractivity contribution >= 4 is 11.8 Å². The van der Waals surface area contributed by atoms with Crippen molar-refractivity contribution in [1.82, 2.24) is 20.2 Å². The number of aromatic nitrogens is 2.